The Morgan fingerprint density at radius 1 is 1.54 bits per heavy atom. The predicted molar refractivity (Wildman–Crippen MR) is 47.2 cm³/mol. The molecule has 1 rings (SSSR count). The molecule has 0 aromatic rings. The van der Waals surface area contributed by atoms with E-state index in [1.54, 1.807) is 6.92 Å². The molecule has 0 aliphatic carbocycles. The third kappa shape index (κ3) is 2.81. The van der Waals surface area contributed by atoms with Crippen LogP contribution in [0, 0.1) is 5.92 Å². The van der Waals surface area contributed by atoms with E-state index in [1.165, 1.54) is 0 Å². The summed E-state index contributed by atoms with van der Waals surface area (Å²) in [4.78, 5) is 22.4. The Balaban J connectivity index is 2.40. The van der Waals surface area contributed by atoms with Crippen molar-refractivity contribution < 1.29 is 14.3 Å². The van der Waals surface area contributed by atoms with Gasteiger partial charge in [0.2, 0.25) is 5.78 Å². The van der Waals surface area contributed by atoms with Crippen LogP contribution in [0.4, 0.5) is 0 Å². The highest BCUT2D eigenvalue weighted by Crippen LogP contribution is 2.11. The van der Waals surface area contributed by atoms with Gasteiger partial charge in [-0.2, -0.15) is 0 Å². The largest absolute Gasteiger partial charge is 0.460 e. The topological polar surface area (TPSA) is 55.4 Å². The Kier molecular flexibility index (Phi) is 3.89. The molecule has 1 aliphatic heterocycles. The van der Waals surface area contributed by atoms with Gasteiger partial charge in [0.25, 0.3) is 0 Å². The number of nitrogens with one attached hydrogen (secondary N) is 1. The highest BCUT2D eigenvalue weighted by molar-refractivity contribution is 6.34. The average Bonchev–Trinajstić information content (AvgIpc) is 2.18. The lowest BCUT2D eigenvalue weighted by molar-refractivity contribution is -0.155. The van der Waals surface area contributed by atoms with E-state index >= 15 is 0 Å². The van der Waals surface area contributed by atoms with Crippen molar-refractivity contribution in [2.24, 2.45) is 5.92 Å². The molecule has 0 aromatic carbocycles. The smallest absolute Gasteiger partial charge is 0.374 e. The fourth-order valence-electron chi connectivity index (χ4n) is 1.44. The van der Waals surface area contributed by atoms with Crippen LogP contribution in [0.3, 0.4) is 0 Å². The molecule has 1 fully saturated rings. The van der Waals surface area contributed by atoms with Crippen molar-refractivity contribution in [2.75, 3.05) is 19.7 Å². The summed E-state index contributed by atoms with van der Waals surface area (Å²) in [5, 5.41) is 3.08. The Bertz CT molecular complexity index is 197. The maximum atomic E-state index is 11.4. The summed E-state index contributed by atoms with van der Waals surface area (Å²) in [5.74, 6) is -1.24. The van der Waals surface area contributed by atoms with Crippen LogP contribution >= 0.6 is 0 Å². The normalized spacial score (nSPS) is 22.4. The molecule has 0 amide bonds. The molecule has 74 valence electrons. The fourth-order valence-corrected chi connectivity index (χ4v) is 1.44. The average molecular weight is 185 g/mol. The standard InChI is InChI=1S/C9H15NO3/c1-2-13-9(12)8(11)7-4-3-5-10-6-7/h7,10H,2-6H2,1H3. The number of Topliss-reactive ketones (excluding diaryl/α,β-unsaturated/α-hetero) is 1. The van der Waals surface area contributed by atoms with E-state index in [9.17, 15) is 9.59 Å². The van der Waals surface area contributed by atoms with Crippen molar-refractivity contribution in [2.45, 2.75) is 19.8 Å². The molecule has 1 N–H and O–H groups in total. The number of carbonyl (C=O) groups is 2. The van der Waals surface area contributed by atoms with E-state index in [4.69, 9.17) is 0 Å². The van der Waals surface area contributed by atoms with Gasteiger partial charge in [0, 0.05) is 12.5 Å². The summed E-state index contributed by atoms with van der Waals surface area (Å²) in [6.45, 7) is 3.51. The van der Waals surface area contributed by atoms with Crippen molar-refractivity contribution in [1.82, 2.24) is 5.32 Å². The van der Waals surface area contributed by atoms with Gasteiger partial charge in [0.05, 0.1) is 6.61 Å². The summed E-state index contributed by atoms with van der Waals surface area (Å²) >= 11 is 0. The molecule has 0 saturated carbocycles. The second-order valence-electron chi connectivity index (χ2n) is 3.13. The second kappa shape index (κ2) is 4.97. The highest BCUT2D eigenvalue weighted by Gasteiger charge is 2.27. The Labute approximate surface area is 77.6 Å². The SMILES string of the molecule is CCOC(=O)C(=O)C1CCCNC1. The molecular weight excluding hydrogens is 170 g/mol. The molecule has 13 heavy (non-hydrogen) atoms. The van der Waals surface area contributed by atoms with Gasteiger partial charge in [-0.25, -0.2) is 4.79 Å². The first-order chi connectivity index (χ1) is 6.25. The van der Waals surface area contributed by atoms with Crippen LogP contribution in [0.25, 0.3) is 0 Å². The van der Waals surface area contributed by atoms with E-state index in [2.05, 4.69) is 10.1 Å². The lowest BCUT2D eigenvalue weighted by Gasteiger charge is -2.20. The Hall–Kier alpha value is -0.900. The van der Waals surface area contributed by atoms with Crippen LogP contribution in [0.5, 0.6) is 0 Å². The number of esters is 1. The zero-order chi connectivity index (χ0) is 9.68. The van der Waals surface area contributed by atoms with Gasteiger partial charge in [-0.3, -0.25) is 4.79 Å². The lowest BCUT2D eigenvalue weighted by atomic mass is 9.95. The molecule has 1 heterocycles. The van der Waals surface area contributed by atoms with Gasteiger partial charge >= 0.3 is 5.97 Å². The molecule has 0 bridgehead atoms. The molecule has 0 radical (unpaired) electrons. The zero-order valence-corrected chi connectivity index (χ0v) is 7.84. The quantitative estimate of drug-likeness (QED) is 0.501. The number of hydrogen-bond donors (Lipinski definition) is 1. The second-order valence-corrected chi connectivity index (χ2v) is 3.13. The van der Waals surface area contributed by atoms with Crippen LogP contribution in [0.1, 0.15) is 19.8 Å². The molecule has 1 aliphatic rings. The minimum Gasteiger partial charge on any atom is -0.460 e. The minimum absolute atomic E-state index is 0.173. The summed E-state index contributed by atoms with van der Waals surface area (Å²) in [7, 11) is 0. The van der Waals surface area contributed by atoms with Crippen LogP contribution in [0.15, 0.2) is 0 Å². The third-order valence-electron chi connectivity index (χ3n) is 2.14. The Morgan fingerprint density at radius 2 is 2.31 bits per heavy atom. The molecule has 1 saturated heterocycles. The van der Waals surface area contributed by atoms with Gasteiger partial charge in [-0.15, -0.1) is 0 Å². The van der Waals surface area contributed by atoms with Crippen molar-refractivity contribution in [3.8, 4) is 0 Å². The first kappa shape index (κ1) is 10.2. The molecule has 1 atom stereocenters. The van der Waals surface area contributed by atoms with E-state index in [0.29, 0.717) is 6.54 Å². The maximum absolute atomic E-state index is 11.4. The van der Waals surface area contributed by atoms with Crippen LogP contribution in [0.2, 0.25) is 0 Å². The number of piperidine rings is 1. The number of ether oxygens (including phenoxy) is 1. The number of hydrogen-bond acceptors (Lipinski definition) is 4. The summed E-state index contributed by atoms with van der Waals surface area (Å²) in [6, 6.07) is 0. The fraction of sp³-hybridized carbons (Fsp3) is 0.778. The molecule has 0 aromatic heterocycles. The number of carbonyl (C=O) groups excluding carboxylic acids is 2. The van der Waals surface area contributed by atoms with E-state index in [-0.39, 0.29) is 18.3 Å². The van der Waals surface area contributed by atoms with Gasteiger partial charge in [-0.05, 0) is 26.3 Å². The number of ketones is 1. The minimum atomic E-state index is -0.684. The van der Waals surface area contributed by atoms with Crippen molar-refractivity contribution in [3.63, 3.8) is 0 Å². The van der Waals surface area contributed by atoms with Crippen molar-refractivity contribution >= 4 is 11.8 Å². The van der Waals surface area contributed by atoms with Gasteiger partial charge in [-0.1, -0.05) is 0 Å². The lowest BCUT2D eigenvalue weighted by Crippen LogP contribution is -2.38. The van der Waals surface area contributed by atoms with Crippen LogP contribution < -0.4 is 5.32 Å². The molecule has 4 heteroatoms. The first-order valence-corrected chi connectivity index (χ1v) is 4.67. The third-order valence-corrected chi connectivity index (χ3v) is 2.14. The number of rotatable bonds is 3. The van der Waals surface area contributed by atoms with Crippen molar-refractivity contribution in [3.05, 3.63) is 0 Å². The van der Waals surface area contributed by atoms with Crippen LogP contribution in [-0.4, -0.2) is 31.4 Å². The van der Waals surface area contributed by atoms with E-state index < -0.39 is 5.97 Å². The molecule has 4 nitrogen and oxygen atoms in total. The van der Waals surface area contributed by atoms with Crippen molar-refractivity contribution in [1.29, 1.82) is 0 Å². The summed E-state index contributed by atoms with van der Waals surface area (Å²) in [6.07, 6.45) is 1.75. The van der Waals surface area contributed by atoms with E-state index in [1.807, 2.05) is 0 Å². The Morgan fingerprint density at radius 3 is 2.85 bits per heavy atom. The van der Waals surface area contributed by atoms with Crippen LogP contribution in [-0.2, 0) is 14.3 Å². The van der Waals surface area contributed by atoms with Gasteiger partial charge < -0.3 is 10.1 Å². The molecule has 0 spiro atoms. The summed E-state index contributed by atoms with van der Waals surface area (Å²) in [5.41, 5.74) is 0. The predicted octanol–water partition coefficient (Wildman–Crippen LogP) is 0.118. The maximum Gasteiger partial charge on any atom is 0.374 e. The summed E-state index contributed by atoms with van der Waals surface area (Å²) < 4.78 is 4.64. The monoisotopic (exact) mass is 185 g/mol. The highest BCUT2D eigenvalue weighted by atomic mass is 16.5. The first-order valence-electron chi connectivity index (χ1n) is 4.67. The zero-order valence-electron chi connectivity index (χ0n) is 7.84. The van der Waals surface area contributed by atoms with E-state index in [0.717, 1.165) is 19.4 Å². The van der Waals surface area contributed by atoms with Gasteiger partial charge in [0.15, 0.2) is 0 Å². The molecule has 1 unspecified atom stereocenters. The van der Waals surface area contributed by atoms with Gasteiger partial charge in [0.1, 0.15) is 0 Å². The molecular formula is C9H15NO3.